The molecular weight excluding hydrogens is 255 g/mol. The average Bonchev–Trinajstić information content (AvgIpc) is 2.29. The smallest absolute Gasteiger partial charge is 0.139 e. The van der Waals surface area contributed by atoms with E-state index >= 15 is 0 Å². The van der Waals surface area contributed by atoms with Gasteiger partial charge in [-0.3, -0.25) is 0 Å². The van der Waals surface area contributed by atoms with Crippen LogP contribution in [0.25, 0.3) is 0 Å². The van der Waals surface area contributed by atoms with Crippen molar-refractivity contribution in [3.63, 3.8) is 0 Å². The van der Waals surface area contributed by atoms with Crippen molar-refractivity contribution >= 4 is 7.87 Å². The summed E-state index contributed by atoms with van der Waals surface area (Å²) in [5.41, 5.74) is 1.35. The predicted molar refractivity (Wildman–Crippen MR) is 85.9 cm³/mol. The van der Waals surface area contributed by atoms with Gasteiger partial charge in [-0.15, -0.1) is 18.7 Å². The first-order chi connectivity index (χ1) is 8.83. The van der Waals surface area contributed by atoms with Gasteiger partial charge in [-0.2, -0.15) is 0 Å². The maximum atomic E-state index is 2.46. The van der Waals surface area contributed by atoms with E-state index in [0.29, 0.717) is 0 Å². The lowest BCUT2D eigenvalue weighted by Crippen LogP contribution is -2.44. The van der Waals surface area contributed by atoms with Crippen LogP contribution in [0.5, 0.6) is 0 Å². The fourth-order valence-electron chi connectivity index (χ4n) is 2.93. The highest BCUT2D eigenvalue weighted by molar-refractivity contribution is 7.66. The summed E-state index contributed by atoms with van der Waals surface area (Å²) in [4.78, 5) is 0. The largest absolute Gasteiger partial charge is 0.307 e. The molecule has 0 heterocycles. The SMILES string of the molecule is CN(C)[P+](N(C)C)(N(C)C)N(C)Cc1ccccc1. The van der Waals surface area contributed by atoms with Crippen LogP contribution in [-0.2, 0) is 6.54 Å². The van der Waals surface area contributed by atoms with Crippen molar-refractivity contribution in [2.75, 3.05) is 49.3 Å². The van der Waals surface area contributed by atoms with E-state index in [4.69, 9.17) is 0 Å². The minimum absolute atomic E-state index is 0.948. The van der Waals surface area contributed by atoms with E-state index in [2.05, 4.69) is 98.3 Å². The molecule has 19 heavy (non-hydrogen) atoms. The van der Waals surface area contributed by atoms with Crippen molar-refractivity contribution in [2.24, 2.45) is 0 Å². The second-order valence-corrected chi connectivity index (χ2v) is 9.54. The summed E-state index contributed by atoms with van der Waals surface area (Å²) in [6.45, 7) is 0.948. The Morgan fingerprint density at radius 1 is 0.737 bits per heavy atom. The zero-order valence-corrected chi connectivity index (χ0v) is 14.2. The maximum Gasteiger partial charge on any atom is 0.307 e. The summed E-state index contributed by atoms with van der Waals surface area (Å²) < 4.78 is 9.49. The fraction of sp³-hybridized carbons (Fsp3) is 0.571. The third-order valence-electron chi connectivity index (χ3n) is 3.32. The van der Waals surface area contributed by atoms with E-state index in [0.717, 1.165) is 6.54 Å². The molecular formula is C14H28N4P+. The van der Waals surface area contributed by atoms with Crippen LogP contribution in [0.15, 0.2) is 30.3 Å². The second kappa shape index (κ2) is 6.78. The number of nitrogens with zero attached hydrogens (tertiary/aromatic N) is 4. The monoisotopic (exact) mass is 283 g/mol. The van der Waals surface area contributed by atoms with Crippen molar-refractivity contribution in [2.45, 2.75) is 6.54 Å². The van der Waals surface area contributed by atoms with Crippen LogP contribution in [0.2, 0.25) is 0 Å². The topological polar surface area (TPSA) is 13.0 Å². The summed E-state index contributed by atoms with van der Waals surface area (Å²) in [7, 11) is 13.5. The third-order valence-corrected chi connectivity index (χ3v) is 7.60. The summed E-state index contributed by atoms with van der Waals surface area (Å²) in [5, 5.41) is 0. The first-order valence-corrected chi connectivity index (χ1v) is 8.11. The molecule has 0 aliphatic rings. The molecule has 0 spiro atoms. The van der Waals surface area contributed by atoms with Crippen LogP contribution in [0.3, 0.4) is 0 Å². The van der Waals surface area contributed by atoms with Crippen LogP contribution < -0.4 is 0 Å². The van der Waals surface area contributed by atoms with E-state index in [1.54, 1.807) is 0 Å². The minimum Gasteiger partial charge on any atom is -0.139 e. The second-order valence-electron chi connectivity index (χ2n) is 5.38. The van der Waals surface area contributed by atoms with Gasteiger partial charge in [-0.25, -0.2) is 0 Å². The highest BCUT2D eigenvalue weighted by Crippen LogP contribution is 2.65. The summed E-state index contributed by atoms with van der Waals surface area (Å²) >= 11 is 0. The van der Waals surface area contributed by atoms with Gasteiger partial charge in [-0.1, -0.05) is 30.3 Å². The molecule has 0 aliphatic carbocycles. The third kappa shape index (κ3) is 3.33. The normalized spacial score (nSPS) is 13.0. The minimum atomic E-state index is -1.64. The zero-order valence-electron chi connectivity index (χ0n) is 13.3. The quantitative estimate of drug-likeness (QED) is 0.744. The summed E-state index contributed by atoms with van der Waals surface area (Å²) in [6.07, 6.45) is 0. The highest BCUT2D eigenvalue weighted by Gasteiger charge is 2.52. The van der Waals surface area contributed by atoms with E-state index in [9.17, 15) is 0 Å². The van der Waals surface area contributed by atoms with E-state index in [1.807, 2.05) is 0 Å². The molecule has 1 aromatic carbocycles. The van der Waals surface area contributed by atoms with Crippen LogP contribution in [0.4, 0.5) is 0 Å². The number of benzene rings is 1. The molecule has 0 amide bonds. The van der Waals surface area contributed by atoms with Crippen molar-refractivity contribution in [3.8, 4) is 0 Å². The molecule has 0 saturated carbocycles. The van der Waals surface area contributed by atoms with E-state index in [-0.39, 0.29) is 0 Å². The predicted octanol–water partition coefficient (Wildman–Crippen LogP) is 2.48. The molecule has 0 saturated heterocycles. The molecule has 0 atom stereocenters. The van der Waals surface area contributed by atoms with Gasteiger partial charge in [0.15, 0.2) is 0 Å². The molecule has 108 valence electrons. The Morgan fingerprint density at radius 2 is 1.16 bits per heavy atom. The van der Waals surface area contributed by atoms with Crippen molar-refractivity contribution in [1.29, 1.82) is 0 Å². The zero-order chi connectivity index (χ0) is 14.6. The van der Waals surface area contributed by atoms with Gasteiger partial charge in [0.25, 0.3) is 0 Å². The Kier molecular flexibility index (Phi) is 5.90. The molecule has 0 aromatic heterocycles. The number of hydrogen-bond donors (Lipinski definition) is 0. The van der Waals surface area contributed by atoms with E-state index in [1.165, 1.54) is 5.56 Å². The Bertz CT molecular complexity index is 357. The first kappa shape index (κ1) is 16.5. The molecule has 0 bridgehead atoms. The Hall–Kier alpha value is -0.510. The lowest BCUT2D eigenvalue weighted by atomic mass is 10.2. The lowest BCUT2D eigenvalue weighted by Gasteiger charge is -2.44. The Balaban J connectivity index is 3.04. The van der Waals surface area contributed by atoms with Crippen LogP contribution >= 0.6 is 7.87 Å². The van der Waals surface area contributed by atoms with Gasteiger partial charge in [0.1, 0.15) is 0 Å². The molecule has 0 fully saturated rings. The molecule has 0 N–H and O–H groups in total. The molecule has 5 heteroatoms. The van der Waals surface area contributed by atoms with Crippen molar-refractivity contribution in [3.05, 3.63) is 35.9 Å². The van der Waals surface area contributed by atoms with Gasteiger partial charge < -0.3 is 0 Å². The number of hydrogen-bond acceptors (Lipinski definition) is 4. The highest BCUT2D eigenvalue weighted by atomic mass is 31.2. The first-order valence-electron chi connectivity index (χ1n) is 6.51. The molecule has 0 radical (unpaired) electrons. The van der Waals surface area contributed by atoms with Gasteiger partial charge in [-0.05, 0) is 5.56 Å². The maximum absolute atomic E-state index is 2.46. The Labute approximate surface area is 119 Å². The molecule has 1 rings (SSSR count). The van der Waals surface area contributed by atoms with Gasteiger partial charge in [0.05, 0.1) is 6.54 Å². The van der Waals surface area contributed by atoms with Gasteiger partial charge in [0, 0.05) is 49.3 Å². The van der Waals surface area contributed by atoms with Crippen LogP contribution in [-0.4, -0.2) is 68.0 Å². The fourth-order valence-corrected chi connectivity index (χ4v) is 7.26. The summed E-state index contributed by atoms with van der Waals surface area (Å²) in [5.74, 6) is 0. The lowest BCUT2D eigenvalue weighted by molar-refractivity contribution is 0.353. The Morgan fingerprint density at radius 3 is 1.53 bits per heavy atom. The van der Waals surface area contributed by atoms with Crippen LogP contribution in [0, 0.1) is 0 Å². The standard InChI is InChI=1S/C14H28N4P/c1-15(2)19(16(3)4,17(5)6)18(7)13-14-11-9-8-10-12-14/h8-12H,13H2,1-7H3/q+1. The van der Waals surface area contributed by atoms with Crippen molar-refractivity contribution in [1.82, 2.24) is 18.7 Å². The van der Waals surface area contributed by atoms with Gasteiger partial charge in [0.2, 0.25) is 0 Å². The molecule has 0 unspecified atom stereocenters. The van der Waals surface area contributed by atoms with Crippen LogP contribution in [0.1, 0.15) is 5.56 Å². The molecule has 0 aliphatic heterocycles. The molecule has 4 nitrogen and oxygen atoms in total. The van der Waals surface area contributed by atoms with E-state index < -0.39 is 7.87 Å². The van der Waals surface area contributed by atoms with Gasteiger partial charge >= 0.3 is 7.87 Å². The molecule has 1 aromatic rings. The summed E-state index contributed by atoms with van der Waals surface area (Å²) in [6, 6.07) is 10.6. The van der Waals surface area contributed by atoms with Crippen molar-refractivity contribution < 1.29 is 0 Å². The average molecular weight is 283 g/mol. The number of rotatable bonds is 6.